The molecular weight excluding hydrogens is 312 g/mol. The summed E-state index contributed by atoms with van der Waals surface area (Å²) in [6.07, 6.45) is 2.98. The van der Waals surface area contributed by atoms with Crippen LogP contribution in [0, 0.1) is 13.8 Å². The molecule has 0 aliphatic carbocycles. The molecule has 130 valence electrons. The van der Waals surface area contributed by atoms with Crippen LogP contribution in [0.15, 0.2) is 18.2 Å². The van der Waals surface area contributed by atoms with Gasteiger partial charge in [0, 0.05) is 25.2 Å². The van der Waals surface area contributed by atoms with Gasteiger partial charge in [-0.05, 0) is 44.7 Å². The molecule has 23 heavy (non-hydrogen) atoms. The molecule has 1 heterocycles. The van der Waals surface area contributed by atoms with Crippen molar-refractivity contribution < 1.29 is 13.2 Å². The number of hydrogen-bond donors (Lipinski definition) is 1. The Hall–Kier alpha value is -1.11. The Morgan fingerprint density at radius 1 is 1.26 bits per heavy atom. The molecular formula is C17H28N2O3S. The van der Waals surface area contributed by atoms with Crippen molar-refractivity contribution in [3.05, 3.63) is 29.3 Å². The molecule has 0 radical (unpaired) electrons. The fourth-order valence-electron chi connectivity index (χ4n) is 3.04. The number of nitrogens with zero attached hydrogens (tertiary/aromatic N) is 1. The first kappa shape index (κ1) is 18.2. The summed E-state index contributed by atoms with van der Waals surface area (Å²) in [5.41, 5.74) is 2.30. The highest BCUT2D eigenvalue weighted by atomic mass is 32.2. The van der Waals surface area contributed by atoms with Gasteiger partial charge in [-0.15, -0.1) is 0 Å². The summed E-state index contributed by atoms with van der Waals surface area (Å²) in [5, 5.41) is 3.55. The highest BCUT2D eigenvalue weighted by Crippen LogP contribution is 2.22. The van der Waals surface area contributed by atoms with Gasteiger partial charge in [-0.3, -0.25) is 0 Å². The van der Waals surface area contributed by atoms with Gasteiger partial charge in [0.2, 0.25) is 10.0 Å². The van der Waals surface area contributed by atoms with Crippen LogP contribution in [0.5, 0.6) is 5.75 Å². The Kier molecular flexibility index (Phi) is 6.06. The number of aryl methyl sites for hydroxylation is 2. The van der Waals surface area contributed by atoms with Crippen LogP contribution in [0.25, 0.3) is 0 Å². The third-order valence-corrected chi connectivity index (χ3v) is 5.63. The number of ether oxygens (including phenoxy) is 1. The predicted molar refractivity (Wildman–Crippen MR) is 93.4 cm³/mol. The second kappa shape index (κ2) is 7.64. The van der Waals surface area contributed by atoms with Gasteiger partial charge in [0.1, 0.15) is 12.4 Å². The third kappa shape index (κ3) is 5.19. The quantitative estimate of drug-likeness (QED) is 0.861. The summed E-state index contributed by atoms with van der Waals surface area (Å²) >= 11 is 0. The topological polar surface area (TPSA) is 58.6 Å². The van der Waals surface area contributed by atoms with E-state index in [9.17, 15) is 8.42 Å². The van der Waals surface area contributed by atoms with E-state index in [1.54, 1.807) is 4.31 Å². The lowest BCUT2D eigenvalue weighted by Gasteiger charge is -2.32. The maximum Gasteiger partial charge on any atom is 0.211 e. The maximum absolute atomic E-state index is 11.5. The second-order valence-corrected chi connectivity index (χ2v) is 8.52. The van der Waals surface area contributed by atoms with Crippen LogP contribution < -0.4 is 10.1 Å². The van der Waals surface area contributed by atoms with Gasteiger partial charge in [0.15, 0.2) is 0 Å². The fourth-order valence-corrected chi connectivity index (χ4v) is 3.91. The number of sulfonamides is 1. The van der Waals surface area contributed by atoms with E-state index in [0.29, 0.717) is 25.7 Å². The van der Waals surface area contributed by atoms with E-state index >= 15 is 0 Å². The molecule has 1 atom stereocenters. The Bertz CT molecular complexity index is 602. The number of piperidine rings is 1. The summed E-state index contributed by atoms with van der Waals surface area (Å²) in [6.45, 7) is 8.03. The van der Waals surface area contributed by atoms with Crippen LogP contribution in [-0.4, -0.2) is 50.8 Å². The van der Waals surface area contributed by atoms with Gasteiger partial charge < -0.3 is 10.1 Å². The Labute approximate surface area is 140 Å². The molecule has 0 unspecified atom stereocenters. The lowest BCUT2D eigenvalue weighted by Crippen LogP contribution is -2.48. The number of nitrogens with one attached hydrogen (secondary N) is 1. The normalized spacial score (nSPS) is 18.8. The molecule has 1 aromatic carbocycles. The monoisotopic (exact) mass is 340 g/mol. The molecule has 1 aromatic rings. The first-order valence-electron chi connectivity index (χ1n) is 8.17. The zero-order valence-electron chi connectivity index (χ0n) is 14.5. The van der Waals surface area contributed by atoms with E-state index in [-0.39, 0.29) is 6.04 Å². The van der Waals surface area contributed by atoms with E-state index in [1.165, 1.54) is 6.26 Å². The number of benzene rings is 1. The predicted octanol–water partition coefficient (Wildman–Crippen LogP) is 2.08. The lowest BCUT2D eigenvalue weighted by atomic mass is 10.1. The number of rotatable bonds is 6. The van der Waals surface area contributed by atoms with Gasteiger partial charge in [0.25, 0.3) is 0 Å². The molecule has 1 aliphatic rings. The van der Waals surface area contributed by atoms with Crippen LogP contribution in [0.3, 0.4) is 0 Å². The van der Waals surface area contributed by atoms with Crippen molar-refractivity contribution in [2.45, 2.75) is 45.7 Å². The van der Waals surface area contributed by atoms with Gasteiger partial charge in [0.05, 0.1) is 6.26 Å². The molecule has 0 spiro atoms. The maximum atomic E-state index is 11.5. The van der Waals surface area contributed by atoms with Gasteiger partial charge in [-0.1, -0.05) is 18.2 Å². The molecule has 1 aliphatic heterocycles. The van der Waals surface area contributed by atoms with Crippen LogP contribution in [0.4, 0.5) is 0 Å². The van der Waals surface area contributed by atoms with Gasteiger partial charge in [-0.25, -0.2) is 12.7 Å². The molecule has 1 saturated heterocycles. The molecule has 0 amide bonds. The summed E-state index contributed by atoms with van der Waals surface area (Å²) in [7, 11) is -3.05. The Balaban J connectivity index is 1.79. The fraction of sp³-hybridized carbons (Fsp3) is 0.647. The molecule has 2 rings (SSSR count). The van der Waals surface area contributed by atoms with E-state index in [4.69, 9.17) is 4.74 Å². The Morgan fingerprint density at radius 2 is 1.83 bits per heavy atom. The standard InChI is InChI=1S/C17H28N2O3S/c1-13-6-5-7-14(2)17(13)22-12-15(3)18-16-8-10-19(11-9-16)23(4,20)21/h5-7,15-16,18H,8-12H2,1-4H3/t15-/m1/s1. The minimum atomic E-state index is -3.05. The van der Waals surface area contributed by atoms with E-state index in [1.807, 2.05) is 6.07 Å². The summed E-state index contributed by atoms with van der Waals surface area (Å²) in [5.74, 6) is 0.966. The largest absolute Gasteiger partial charge is 0.491 e. The first-order valence-corrected chi connectivity index (χ1v) is 10.0. The highest BCUT2D eigenvalue weighted by Gasteiger charge is 2.25. The van der Waals surface area contributed by atoms with Crippen molar-refractivity contribution in [3.63, 3.8) is 0 Å². The summed E-state index contributed by atoms with van der Waals surface area (Å²) < 4.78 is 30.6. The van der Waals surface area contributed by atoms with E-state index in [2.05, 4.69) is 38.2 Å². The van der Waals surface area contributed by atoms with E-state index < -0.39 is 10.0 Å². The summed E-state index contributed by atoms with van der Waals surface area (Å²) in [4.78, 5) is 0. The zero-order valence-corrected chi connectivity index (χ0v) is 15.3. The number of para-hydroxylation sites is 1. The zero-order chi connectivity index (χ0) is 17.0. The van der Waals surface area contributed by atoms with Crippen LogP contribution >= 0.6 is 0 Å². The molecule has 5 nitrogen and oxygen atoms in total. The number of hydrogen-bond acceptors (Lipinski definition) is 4. The van der Waals surface area contributed by atoms with Crippen molar-refractivity contribution in [3.8, 4) is 5.75 Å². The van der Waals surface area contributed by atoms with Crippen LogP contribution in [0.2, 0.25) is 0 Å². The lowest BCUT2D eigenvalue weighted by molar-refractivity contribution is 0.228. The second-order valence-electron chi connectivity index (χ2n) is 6.54. The van der Waals surface area contributed by atoms with Gasteiger partial charge in [-0.2, -0.15) is 0 Å². The van der Waals surface area contributed by atoms with Gasteiger partial charge >= 0.3 is 0 Å². The van der Waals surface area contributed by atoms with Crippen molar-refractivity contribution in [2.75, 3.05) is 26.0 Å². The molecule has 0 aromatic heterocycles. The highest BCUT2D eigenvalue weighted by molar-refractivity contribution is 7.88. The average Bonchev–Trinajstić information content (AvgIpc) is 2.46. The Morgan fingerprint density at radius 3 is 2.35 bits per heavy atom. The van der Waals surface area contributed by atoms with Crippen LogP contribution in [-0.2, 0) is 10.0 Å². The minimum absolute atomic E-state index is 0.226. The van der Waals surface area contributed by atoms with Crippen molar-refractivity contribution in [1.29, 1.82) is 0 Å². The molecule has 0 bridgehead atoms. The SMILES string of the molecule is Cc1cccc(C)c1OC[C@@H](C)NC1CCN(S(C)(=O)=O)CC1. The molecule has 1 N–H and O–H groups in total. The average molecular weight is 340 g/mol. The van der Waals surface area contributed by atoms with Crippen molar-refractivity contribution >= 4 is 10.0 Å². The smallest absolute Gasteiger partial charge is 0.211 e. The third-order valence-electron chi connectivity index (χ3n) is 4.33. The minimum Gasteiger partial charge on any atom is -0.491 e. The molecule has 0 saturated carbocycles. The first-order chi connectivity index (χ1) is 10.8. The van der Waals surface area contributed by atoms with E-state index in [0.717, 1.165) is 29.7 Å². The van der Waals surface area contributed by atoms with Crippen LogP contribution in [0.1, 0.15) is 30.9 Å². The molecule has 6 heteroatoms. The van der Waals surface area contributed by atoms with Crippen molar-refractivity contribution in [2.24, 2.45) is 0 Å². The summed E-state index contributed by atoms with van der Waals surface area (Å²) in [6, 6.07) is 6.73. The van der Waals surface area contributed by atoms with Crippen molar-refractivity contribution in [1.82, 2.24) is 9.62 Å². The molecule has 1 fully saturated rings.